The molecule has 0 saturated heterocycles. The molecule has 4 heteroatoms. The van der Waals surface area contributed by atoms with Gasteiger partial charge in [0.25, 0.3) is 0 Å². The molecule has 0 aromatic heterocycles. The van der Waals surface area contributed by atoms with Gasteiger partial charge in [0.1, 0.15) is 12.6 Å². The molecule has 3 nitrogen and oxygen atoms in total. The summed E-state index contributed by atoms with van der Waals surface area (Å²) < 4.78 is 5.29. The molecule has 0 radical (unpaired) electrons. The second-order valence-electron chi connectivity index (χ2n) is 3.08. The summed E-state index contributed by atoms with van der Waals surface area (Å²) >= 11 is 6.04. The fourth-order valence-electron chi connectivity index (χ4n) is 1.44. The molecule has 0 aliphatic carbocycles. The first kappa shape index (κ1) is 9.49. The molecule has 1 heterocycles. The predicted molar refractivity (Wildman–Crippen MR) is 56.6 cm³/mol. The number of halogens is 1. The van der Waals surface area contributed by atoms with E-state index in [-0.39, 0.29) is 6.04 Å². The van der Waals surface area contributed by atoms with Gasteiger partial charge >= 0.3 is 0 Å². The molecule has 0 bridgehead atoms. The first-order valence-corrected chi connectivity index (χ1v) is 4.83. The SMILES string of the molecule is NCC1=NC(c2ccccc2Cl)CO1. The number of hydrogen-bond donors (Lipinski definition) is 1. The molecule has 1 aromatic carbocycles. The molecule has 0 saturated carbocycles. The zero-order valence-corrected chi connectivity index (χ0v) is 8.37. The van der Waals surface area contributed by atoms with Crippen LogP contribution in [0, 0.1) is 0 Å². The van der Waals surface area contributed by atoms with Crippen LogP contribution in [0.4, 0.5) is 0 Å². The van der Waals surface area contributed by atoms with E-state index < -0.39 is 0 Å². The van der Waals surface area contributed by atoms with Gasteiger partial charge in [0.2, 0.25) is 0 Å². The van der Waals surface area contributed by atoms with Crippen LogP contribution in [-0.2, 0) is 4.74 Å². The number of hydrogen-bond acceptors (Lipinski definition) is 3. The summed E-state index contributed by atoms with van der Waals surface area (Å²) in [5.41, 5.74) is 6.42. The van der Waals surface area contributed by atoms with Crippen LogP contribution >= 0.6 is 11.6 Å². The maximum absolute atomic E-state index is 6.04. The fraction of sp³-hybridized carbons (Fsp3) is 0.300. The van der Waals surface area contributed by atoms with Gasteiger partial charge in [-0.15, -0.1) is 0 Å². The van der Waals surface area contributed by atoms with Crippen LogP contribution in [0.3, 0.4) is 0 Å². The topological polar surface area (TPSA) is 47.6 Å². The minimum absolute atomic E-state index is 0.00208. The van der Waals surface area contributed by atoms with Crippen molar-refractivity contribution >= 4 is 17.5 Å². The van der Waals surface area contributed by atoms with Gasteiger partial charge in [-0.1, -0.05) is 29.8 Å². The third kappa shape index (κ3) is 1.74. The minimum atomic E-state index is 0.00208. The molecule has 1 atom stereocenters. The average Bonchev–Trinajstić information content (AvgIpc) is 2.67. The van der Waals surface area contributed by atoms with E-state index in [1.807, 2.05) is 24.3 Å². The molecule has 2 N–H and O–H groups in total. The Morgan fingerprint density at radius 3 is 2.93 bits per heavy atom. The molecule has 2 rings (SSSR count). The van der Waals surface area contributed by atoms with Gasteiger partial charge in [-0.05, 0) is 11.6 Å². The number of rotatable bonds is 2. The predicted octanol–water partition coefficient (Wildman–Crippen LogP) is 1.77. The van der Waals surface area contributed by atoms with E-state index in [4.69, 9.17) is 22.1 Å². The van der Waals surface area contributed by atoms with E-state index in [1.54, 1.807) is 0 Å². The molecule has 74 valence electrons. The van der Waals surface area contributed by atoms with Gasteiger partial charge in [0.15, 0.2) is 5.90 Å². The third-order valence-electron chi connectivity index (χ3n) is 2.15. The Morgan fingerprint density at radius 2 is 2.29 bits per heavy atom. The Hall–Kier alpha value is -1.06. The van der Waals surface area contributed by atoms with E-state index in [9.17, 15) is 0 Å². The Labute approximate surface area is 87.5 Å². The summed E-state index contributed by atoms with van der Waals surface area (Å²) in [6.07, 6.45) is 0. The van der Waals surface area contributed by atoms with Crippen LogP contribution < -0.4 is 5.73 Å². The van der Waals surface area contributed by atoms with E-state index >= 15 is 0 Å². The Kier molecular flexibility index (Phi) is 2.70. The van der Waals surface area contributed by atoms with E-state index in [0.717, 1.165) is 10.6 Å². The van der Waals surface area contributed by atoms with Crippen LogP contribution in [-0.4, -0.2) is 19.0 Å². The normalized spacial score (nSPS) is 20.4. The lowest BCUT2D eigenvalue weighted by atomic mass is 10.1. The summed E-state index contributed by atoms with van der Waals surface area (Å²) in [6, 6.07) is 7.65. The number of benzene rings is 1. The molecule has 1 unspecified atom stereocenters. The molecule has 1 aromatic rings. The first-order chi connectivity index (χ1) is 6.81. The van der Waals surface area contributed by atoms with Crippen molar-refractivity contribution in [2.24, 2.45) is 10.7 Å². The van der Waals surface area contributed by atoms with Crippen LogP contribution in [0.5, 0.6) is 0 Å². The van der Waals surface area contributed by atoms with E-state index in [2.05, 4.69) is 4.99 Å². The number of ether oxygens (including phenoxy) is 1. The van der Waals surface area contributed by atoms with Crippen molar-refractivity contribution in [1.82, 2.24) is 0 Å². The van der Waals surface area contributed by atoms with Crippen LogP contribution in [0.15, 0.2) is 29.3 Å². The quantitative estimate of drug-likeness (QED) is 0.809. The van der Waals surface area contributed by atoms with E-state index in [0.29, 0.717) is 19.0 Å². The molecule has 0 fully saturated rings. The summed E-state index contributed by atoms with van der Waals surface area (Å²) in [6.45, 7) is 0.886. The molecule has 1 aliphatic rings. The van der Waals surface area contributed by atoms with Gasteiger partial charge in [-0.25, -0.2) is 4.99 Å². The van der Waals surface area contributed by atoms with Crippen LogP contribution in [0.2, 0.25) is 5.02 Å². The summed E-state index contributed by atoms with van der Waals surface area (Å²) in [4.78, 5) is 4.32. The van der Waals surface area contributed by atoms with Crippen molar-refractivity contribution in [2.75, 3.05) is 13.2 Å². The molecule has 0 amide bonds. The highest BCUT2D eigenvalue weighted by Gasteiger charge is 2.21. The van der Waals surface area contributed by atoms with Gasteiger partial charge in [-0.3, -0.25) is 0 Å². The maximum atomic E-state index is 6.04. The summed E-state index contributed by atoms with van der Waals surface area (Å²) in [5, 5.41) is 0.725. The summed E-state index contributed by atoms with van der Waals surface area (Å²) in [7, 11) is 0. The van der Waals surface area contributed by atoms with Gasteiger partial charge in [-0.2, -0.15) is 0 Å². The second kappa shape index (κ2) is 3.98. The largest absolute Gasteiger partial charge is 0.477 e. The number of nitrogens with zero attached hydrogens (tertiary/aromatic N) is 1. The number of aliphatic imine (C=N–C) groups is 1. The fourth-order valence-corrected chi connectivity index (χ4v) is 1.70. The highest BCUT2D eigenvalue weighted by Crippen LogP contribution is 2.28. The monoisotopic (exact) mass is 210 g/mol. The first-order valence-electron chi connectivity index (χ1n) is 4.45. The summed E-state index contributed by atoms with van der Waals surface area (Å²) in [5.74, 6) is 0.606. The average molecular weight is 211 g/mol. The molecule has 1 aliphatic heterocycles. The van der Waals surface area contributed by atoms with Crippen LogP contribution in [0.1, 0.15) is 11.6 Å². The lowest BCUT2D eigenvalue weighted by Gasteiger charge is -2.06. The lowest BCUT2D eigenvalue weighted by molar-refractivity contribution is 0.315. The third-order valence-corrected chi connectivity index (χ3v) is 2.49. The molecular formula is C10H11ClN2O. The van der Waals surface area contributed by atoms with Gasteiger partial charge in [0, 0.05) is 5.02 Å². The Bertz CT molecular complexity index is 365. The van der Waals surface area contributed by atoms with Crippen molar-refractivity contribution in [3.63, 3.8) is 0 Å². The minimum Gasteiger partial charge on any atom is -0.477 e. The Morgan fingerprint density at radius 1 is 1.50 bits per heavy atom. The Balaban J connectivity index is 2.25. The molecular weight excluding hydrogens is 200 g/mol. The van der Waals surface area contributed by atoms with Crippen molar-refractivity contribution < 1.29 is 4.74 Å². The van der Waals surface area contributed by atoms with Crippen molar-refractivity contribution in [2.45, 2.75) is 6.04 Å². The van der Waals surface area contributed by atoms with Crippen molar-refractivity contribution in [3.8, 4) is 0 Å². The van der Waals surface area contributed by atoms with Crippen LogP contribution in [0.25, 0.3) is 0 Å². The lowest BCUT2D eigenvalue weighted by Crippen LogP contribution is -2.13. The number of nitrogens with two attached hydrogens (primary N) is 1. The second-order valence-corrected chi connectivity index (χ2v) is 3.48. The molecule has 0 spiro atoms. The smallest absolute Gasteiger partial charge is 0.198 e. The van der Waals surface area contributed by atoms with Crippen molar-refractivity contribution in [1.29, 1.82) is 0 Å². The van der Waals surface area contributed by atoms with Gasteiger partial charge < -0.3 is 10.5 Å². The van der Waals surface area contributed by atoms with E-state index in [1.165, 1.54) is 0 Å². The molecule has 14 heavy (non-hydrogen) atoms. The zero-order valence-electron chi connectivity index (χ0n) is 7.61. The maximum Gasteiger partial charge on any atom is 0.198 e. The highest BCUT2D eigenvalue weighted by atomic mass is 35.5. The highest BCUT2D eigenvalue weighted by molar-refractivity contribution is 6.31. The van der Waals surface area contributed by atoms with Crippen molar-refractivity contribution in [3.05, 3.63) is 34.9 Å². The standard InChI is InChI=1S/C10H11ClN2O/c11-8-4-2-1-3-7(8)9-6-14-10(5-12)13-9/h1-4,9H,5-6,12H2. The zero-order chi connectivity index (χ0) is 9.97. The van der Waals surface area contributed by atoms with Gasteiger partial charge in [0.05, 0.1) is 6.54 Å².